The highest BCUT2D eigenvalue weighted by molar-refractivity contribution is 6.30. The van der Waals surface area contributed by atoms with E-state index in [0.717, 1.165) is 36.8 Å². The Labute approximate surface area is 166 Å². The van der Waals surface area contributed by atoms with E-state index in [1.807, 2.05) is 29.2 Å². The van der Waals surface area contributed by atoms with E-state index < -0.39 is 0 Å². The fourth-order valence-corrected chi connectivity index (χ4v) is 4.69. The molecule has 0 atom stereocenters. The largest absolute Gasteiger partial charge is 0.339 e. The van der Waals surface area contributed by atoms with E-state index in [4.69, 9.17) is 11.6 Å². The molecule has 1 aromatic heterocycles. The van der Waals surface area contributed by atoms with Crippen molar-refractivity contribution in [2.24, 2.45) is 5.92 Å². The molecular formula is C22H28ClN3O. The van der Waals surface area contributed by atoms with E-state index >= 15 is 0 Å². The summed E-state index contributed by atoms with van der Waals surface area (Å²) in [5.74, 6) is 0.800. The molecule has 0 bridgehead atoms. The Bertz CT molecular complexity index is 793. The van der Waals surface area contributed by atoms with Gasteiger partial charge in [-0.25, -0.2) is 4.98 Å². The first kappa shape index (κ1) is 18.7. The number of amides is 1. The summed E-state index contributed by atoms with van der Waals surface area (Å²) in [7, 11) is 0. The molecule has 144 valence electrons. The van der Waals surface area contributed by atoms with Crippen molar-refractivity contribution in [3.05, 3.63) is 41.0 Å². The van der Waals surface area contributed by atoms with Gasteiger partial charge in [-0.3, -0.25) is 4.79 Å². The zero-order chi connectivity index (χ0) is 18.6. The third-order valence-corrected chi connectivity index (χ3v) is 6.23. The minimum Gasteiger partial charge on any atom is -0.339 e. The van der Waals surface area contributed by atoms with Gasteiger partial charge in [0.05, 0.1) is 11.1 Å². The van der Waals surface area contributed by atoms with Crippen molar-refractivity contribution in [3.63, 3.8) is 0 Å². The van der Waals surface area contributed by atoms with Gasteiger partial charge < -0.3 is 9.80 Å². The normalized spacial score (nSPS) is 20.0. The SMILES string of the molecule is O=C(c1cc(Cl)nc2ccccc12)N1CCC(CN2CCCCCC2)CC1. The molecule has 27 heavy (non-hydrogen) atoms. The lowest BCUT2D eigenvalue weighted by atomic mass is 9.95. The third kappa shape index (κ3) is 4.44. The van der Waals surface area contributed by atoms with Gasteiger partial charge in [0, 0.05) is 25.0 Å². The molecule has 2 aliphatic heterocycles. The van der Waals surface area contributed by atoms with Gasteiger partial charge in [-0.05, 0) is 56.8 Å². The number of benzene rings is 1. The second-order valence-corrected chi connectivity index (χ2v) is 8.35. The molecule has 0 aliphatic carbocycles. The lowest BCUT2D eigenvalue weighted by Crippen LogP contribution is -2.42. The van der Waals surface area contributed by atoms with Crippen molar-refractivity contribution >= 4 is 28.4 Å². The average molecular weight is 386 g/mol. The summed E-state index contributed by atoms with van der Waals surface area (Å²) in [5.41, 5.74) is 1.46. The van der Waals surface area contributed by atoms with Gasteiger partial charge in [0.2, 0.25) is 0 Å². The number of para-hydroxylation sites is 1. The molecule has 2 saturated heterocycles. The van der Waals surface area contributed by atoms with Crippen molar-refractivity contribution in [2.75, 3.05) is 32.7 Å². The number of piperidine rings is 1. The summed E-state index contributed by atoms with van der Waals surface area (Å²) in [6.45, 7) is 5.38. The molecule has 2 fully saturated rings. The molecule has 1 aromatic carbocycles. The highest BCUT2D eigenvalue weighted by atomic mass is 35.5. The van der Waals surface area contributed by atoms with Gasteiger partial charge in [0.1, 0.15) is 5.15 Å². The Morgan fingerprint density at radius 1 is 1.04 bits per heavy atom. The van der Waals surface area contributed by atoms with Crippen LogP contribution in [0.15, 0.2) is 30.3 Å². The number of halogens is 1. The standard InChI is InChI=1S/C22H28ClN3O/c23-21-15-19(18-7-3-4-8-20(18)24-21)22(27)26-13-9-17(10-14-26)16-25-11-5-1-2-6-12-25/h3-4,7-8,15,17H,1-2,5-6,9-14,16H2. The molecule has 0 unspecified atom stereocenters. The Hall–Kier alpha value is -1.65. The Morgan fingerprint density at radius 2 is 1.74 bits per heavy atom. The predicted molar refractivity (Wildman–Crippen MR) is 110 cm³/mol. The lowest BCUT2D eigenvalue weighted by Gasteiger charge is -2.35. The number of rotatable bonds is 3. The summed E-state index contributed by atoms with van der Waals surface area (Å²) in [6, 6.07) is 9.45. The maximum atomic E-state index is 13.1. The molecule has 4 nitrogen and oxygen atoms in total. The van der Waals surface area contributed by atoms with Crippen LogP contribution < -0.4 is 0 Å². The topological polar surface area (TPSA) is 36.4 Å². The summed E-state index contributed by atoms with van der Waals surface area (Å²) in [6.07, 6.45) is 7.64. The van der Waals surface area contributed by atoms with Crippen molar-refractivity contribution in [3.8, 4) is 0 Å². The van der Waals surface area contributed by atoms with Gasteiger partial charge in [-0.1, -0.05) is 42.6 Å². The van der Waals surface area contributed by atoms with E-state index in [9.17, 15) is 4.79 Å². The Morgan fingerprint density at radius 3 is 2.48 bits per heavy atom. The van der Waals surface area contributed by atoms with Crippen LogP contribution in [0.2, 0.25) is 5.15 Å². The molecule has 3 heterocycles. The number of pyridine rings is 1. The quantitative estimate of drug-likeness (QED) is 0.723. The van der Waals surface area contributed by atoms with Gasteiger partial charge in [-0.15, -0.1) is 0 Å². The number of hydrogen-bond donors (Lipinski definition) is 0. The smallest absolute Gasteiger partial charge is 0.254 e. The predicted octanol–water partition coefficient (Wildman–Crippen LogP) is 4.62. The maximum Gasteiger partial charge on any atom is 0.254 e. The minimum absolute atomic E-state index is 0.0868. The van der Waals surface area contributed by atoms with Gasteiger partial charge >= 0.3 is 0 Å². The van der Waals surface area contributed by atoms with Gasteiger partial charge in [0.15, 0.2) is 0 Å². The van der Waals surface area contributed by atoms with E-state index in [0.29, 0.717) is 16.6 Å². The van der Waals surface area contributed by atoms with Gasteiger partial charge in [0.25, 0.3) is 5.91 Å². The van der Waals surface area contributed by atoms with Crippen molar-refractivity contribution < 1.29 is 4.79 Å². The van der Waals surface area contributed by atoms with E-state index in [1.165, 1.54) is 45.3 Å². The van der Waals surface area contributed by atoms with Crippen LogP contribution in [0, 0.1) is 5.92 Å². The number of aromatic nitrogens is 1. The van der Waals surface area contributed by atoms with Crippen molar-refractivity contribution in [2.45, 2.75) is 38.5 Å². The first-order valence-electron chi connectivity index (χ1n) is 10.3. The van der Waals surface area contributed by atoms with Crippen LogP contribution in [-0.2, 0) is 0 Å². The molecule has 1 amide bonds. The van der Waals surface area contributed by atoms with Crippen LogP contribution in [0.4, 0.5) is 0 Å². The van der Waals surface area contributed by atoms with Crippen LogP contribution in [-0.4, -0.2) is 53.4 Å². The zero-order valence-corrected chi connectivity index (χ0v) is 16.6. The summed E-state index contributed by atoms with van der Waals surface area (Å²) >= 11 is 6.16. The van der Waals surface area contributed by atoms with Crippen LogP contribution in [0.5, 0.6) is 0 Å². The van der Waals surface area contributed by atoms with E-state index in [1.54, 1.807) is 6.07 Å². The molecule has 2 aromatic rings. The second kappa shape index (κ2) is 8.57. The van der Waals surface area contributed by atoms with Crippen LogP contribution in [0.3, 0.4) is 0 Å². The van der Waals surface area contributed by atoms with Crippen LogP contribution in [0.1, 0.15) is 48.9 Å². The highest BCUT2D eigenvalue weighted by Crippen LogP contribution is 2.25. The molecule has 0 spiro atoms. The van der Waals surface area contributed by atoms with Crippen molar-refractivity contribution in [1.82, 2.24) is 14.8 Å². The fraction of sp³-hybridized carbons (Fsp3) is 0.545. The van der Waals surface area contributed by atoms with Gasteiger partial charge in [-0.2, -0.15) is 0 Å². The van der Waals surface area contributed by atoms with Crippen LogP contribution >= 0.6 is 11.6 Å². The van der Waals surface area contributed by atoms with Crippen LogP contribution in [0.25, 0.3) is 10.9 Å². The molecule has 2 aliphatic rings. The number of likely N-dealkylation sites (tertiary alicyclic amines) is 2. The highest BCUT2D eigenvalue weighted by Gasteiger charge is 2.26. The summed E-state index contributed by atoms with van der Waals surface area (Å²) in [5, 5.41) is 1.27. The maximum absolute atomic E-state index is 13.1. The lowest BCUT2D eigenvalue weighted by molar-refractivity contribution is 0.0670. The monoisotopic (exact) mass is 385 g/mol. The molecule has 0 radical (unpaired) electrons. The molecule has 0 N–H and O–H groups in total. The second-order valence-electron chi connectivity index (χ2n) is 7.96. The Balaban J connectivity index is 1.40. The number of carbonyl (C=O) groups is 1. The number of carbonyl (C=O) groups excluding carboxylic acids is 1. The van der Waals surface area contributed by atoms with E-state index in [-0.39, 0.29) is 5.91 Å². The summed E-state index contributed by atoms with van der Waals surface area (Å²) in [4.78, 5) is 22.1. The first-order chi connectivity index (χ1) is 13.2. The fourth-order valence-electron chi connectivity index (χ4n) is 4.49. The molecule has 5 heteroatoms. The zero-order valence-electron chi connectivity index (χ0n) is 15.9. The number of nitrogens with zero attached hydrogens (tertiary/aromatic N) is 3. The third-order valence-electron chi connectivity index (χ3n) is 6.03. The summed E-state index contributed by atoms with van der Waals surface area (Å²) < 4.78 is 0. The Kier molecular flexibility index (Phi) is 5.94. The average Bonchev–Trinajstić information content (AvgIpc) is 2.96. The molecule has 4 rings (SSSR count). The number of hydrogen-bond acceptors (Lipinski definition) is 3. The molecule has 0 saturated carbocycles. The minimum atomic E-state index is 0.0868. The van der Waals surface area contributed by atoms with E-state index in [2.05, 4.69) is 9.88 Å². The first-order valence-corrected chi connectivity index (χ1v) is 10.7. The number of fused-ring (bicyclic) bond motifs is 1. The van der Waals surface area contributed by atoms with Crippen molar-refractivity contribution in [1.29, 1.82) is 0 Å². The molecular weight excluding hydrogens is 358 g/mol.